The van der Waals surface area contributed by atoms with Gasteiger partial charge in [0.25, 0.3) is 6.01 Å². The number of hydrogen-bond donors (Lipinski definition) is 0. The lowest BCUT2D eigenvalue weighted by Crippen LogP contribution is -2.51. The van der Waals surface area contributed by atoms with Crippen molar-refractivity contribution in [1.82, 2.24) is 15.0 Å². The van der Waals surface area contributed by atoms with Crippen molar-refractivity contribution in [3.05, 3.63) is 41.8 Å². The van der Waals surface area contributed by atoms with Gasteiger partial charge >= 0.3 is 0 Å². The Morgan fingerprint density at radius 2 is 1.96 bits per heavy atom. The Kier molecular flexibility index (Phi) is 3.74. The van der Waals surface area contributed by atoms with Crippen LogP contribution in [0.4, 0.5) is 6.01 Å². The van der Waals surface area contributed by atoms with Gasteiger partial charge in [0.05, 0.1) is 12.2 Å². The molecule has 0 aliphatic carbocycles. The molecule has 2 aliphatic rings. The molecule has 136 valence electrons. The standard InChI is InChI=1S/C20H24N4O2/c1-15-13-16(26-22-15)14-24-10-4-7-20(24)8-11-23(12-9-20)19-21-17-5-2-3-6-18(17)25-19/h2-3,5-6,13H,4,7-12,14H2,1H3. The van der Waals surface area contributed by atoms with Gasteiger partial charge in [-0.25, -0.2) is 0 Å². The van der Waals surface area contributed by atoms with Gasteiger partial charge in [-0.3, -0.25) is 4.90 Å². The largest absolute Gasteiger partial charge is 0.423 e. The first kappa shape index (κ1) is 15.9. The van der Waals surface area contributed by atoms with Gasteiger partial charge in [0.1, 0.15) is 5.52 Å². The highest BCUT2D eigenvalue weighted by Gasteiger charge is 2.43. The number of fused-ring (bicyclic) bond motifs is 1. The molecule has 0 N–H and O–H groups in total. The Morgan fingerprint density at radius 3 is 2.73 bits per heavy atom. The van der Waals surface area contributed by atoms with Crippen molar-refractivity contribution in [2.24, 2.45) is 0 Å². The second kappa shape index (κ2) is 6.13. The zero-order valence-electron chi connectivity index (χ0n) is 15.1. The minimum absolute atomic E-state index is 0.281. The van der Waals surface area contributed by atoms with E-state index in [-0.39, 0.29) is 5.54 Å². The van der Waals surface area contributed by atoms with Crippen molar-refractivity contribution >= 4 is 17.1 Å². The van der Waals surface area contributed by atoms with Crippen molar-refractivity contribution in [2.45, 2.75) is 44.7 Å². The quantitative estimate of drug-likeness (QED) is 0.715. The van der Waals surface area contributed by atoms with E-state index in [1.54, 1.807) is 0 Å². The summed E-state index contributed by atoms with van der Waals surface area (Å²) in [4.78, 5) is 9.56. The molecule has 0 bridgehead atoms. The van der Waals surface area contributed by atoms with Gasteiger partial charge in [0.15, 0.2) is 11.3 Å². The van der Waals surface area contributed by atoms with Gasteiger partial charge < -0.3 is 13.8 Å². The van der Waals surface area contributed by atoms with E-state index in [1.165, 1.54) is 12.8 Å². The molecule has 0 amide bonds. The Labute approximate surface area is 152 Å². The number of benzene rings is 1. The molecule has 3 aromatic rings. The van der Waals surface area contributed by atoms with Crippen LogP contribution in [-0.4, -0.2) is 40.2 Å². The molecule has 2 aromatic heterocycles. The van der Waals surface area contributed by atoms with Crippen LogP contribution in [0.25, 0.3) is 11.1 Å². The highest BCUT2D eigenvalue weighted by molar-refractivity contribution is 5.74. The number of rotatable bonds is 3. The van der Waals surface area contributed by atoms with Crippen LogP contribution in [0, 0.1) is 6.92 Å². The average Bonchev–Trinajstić information content (AvgIpc) is 3.36. The summed E-state index contributed by atoms with van der Waals surface area (Å²) in [6.07, 6.45) is 4.80. The predicted octanol–water partition coefficient (Wildman–Crippen LogP) is 3.76. The van der Waals surface area contributed by atoms with E-state index in [2.05, 4.69) is 26.0 Å². The SMILES string of the molecule is Cc1cc(CN2CCCC23CCN(c2nc4ccccc4o2)CC3)on1. The molecule has 2 aliphatic heterocycles. The Hall–Kier alpha value is -2.34. The lowest BCUT2D eigenvalue weighted by molar-refractivity contribution is 0.0889. The summed E-state index contributed by atoms with van der Waals surface area (Å²) in [5, 5.41) is 4.03. The normalized spacial score (nSPS) is 20.4. The van der Waals surface area contributed by atoms with Crippen LogP contribution in [0.5, 0.6) is 0 Å². The van der Waals surface area contributed by atoms with E-state index >= 15 is 0 Å². The van der Waals surface area contributed by atoms with Gasteiger partial charge in [-0.15, -0.1) is 0 Å². The Bertz CT molecular complexity index is 874. The van der Waals surface area contributed by atoms with Crippen LogP contribution in [0.15, 0.2) is 39.3 Å². The molecule has 0 saturated carbocycles. The smallest absolute Gasteiger partial charge is 0.298 e. The third-order valence-electron chi connectivity index (χ3n) is 6.01. The number of aryl methyl sites for hydroxylation is 1. The zero-order valence-corrected chi connectivity index (χ0v) is 15.1. The third kappa shape index (κ3) is 2.69. The minimum Gasteiger partial charge on any atom is -0.423 e. The second-order valence-corrected chi connectivity index (χ2v) is 7.64. The van der Waals surface area contributed by atoms with E-state index < -0.39 is 0 Å². The first-order valence-electron chi connectivity index (χ1n) is 9.50. The van der Waals surface area contributed by atoms with Crippen molar-refractivity contribution < 1.29 is 8.94 Å². The first-order valence-corrected chi connectivity index (χ1v) is 9.50. The summed E-state index contributed by atoms with van der Waals surface area (Å²) in [5.41, 5.74) is 3.04. The molecule has 26 heavy (non-hydrogen) atoms. The number of aromatic nitrogens is 2. The summed E-state index contributed by atoms with van der Waals surface area (Å²) in [6, 6.07) is 10.8. The summed E-state index contributed by atoms with van der Waals surface area (Å²) >= 11 is 0. The molecular formula is C20H24N4O2. The number of anilines is 1. The van der Waals surface area contributed by atoms with Gasteiger partial charge in [-0.2, -0.15) is 4.98 Å². The summed E-state index contributed by atoms with van der Waals surface area (Å²) in [5.74, 6) is 0.977. The molecule has 0 unspecified atom stereocenters. The molecule has 0 atom stereocenters. The van der Waals surface area contributed by atoms with Crippen LogP contribution in [0.2, 0.25) is 0 Å². The van der Waals surface area contributed by atoms with E-state index in [9.17, 15) is 0 Å². The van der Waals surface area contributed by atoms with E-state index in [1.807, 2.05) is 31.2 Å². The molecule has 6 nitrogen and oxygen atoms in total. The highest BCUT2D eigenvalue weighted by atomic mass is 16.5. The average molecular weight is 352 g/mol. The van der Waals surface area contributed by atoms with E-state index in [4.69, 9.17) is 8.94 Å². The fraction of sp³-hybridized carbons (Fsp3) is 0.500. The maximum Gasteiger partial charge on any atom is 0.298 e. The number of hydrogen-bond acceptors (Lipinski definition) is 6. The fourth-order valence-electron chi connectivity index (χ4n) is 4.60. The molecule has 6 heteroatoms. The number of oxazole rings is 1. The molecular weight excluding hydrogens is 328 g/mol. The van der Waals surface area contributed by atoms with E-state index in [0.29, 0.717) is 0 Å². The van der Waals surface area contributed by atoms with E-state index in [0.717, 1.165) is 67.6 Å². The number of piperidine rings is 1. The van der Waals surface area contributed by atoms with Gasteiger partial charge in [0.2, 0.25) is 0 Å². The lowest BCUT2D eigenvalue weighted by Gasteiger charge is -2.44. The van der Waals surface area contributed by atoms with Crippen LogP contribution < -0.4 is 4.90 Å². The maximum atomic E-state index is 5.96. The number of likely N-dealkylation sites (tertiary alicyclic amines) is 1. The van der Waals surface area contributed by atoms with Crippen LogP contribution in [0.1, 0.15) is 37.1 Å². The van der Waals surface area contributed by atoms with Gasteiger partial charge in [0, 0.05) is 24.7 Å². The monoisotopic (exact) mass is 352 g/mol. The minimum atomic E-state index is 0.281. The maximum absolute atomic E-state index is 5.96. The molecule has 1 aromatic carbocycles. The molecule has 4 heterocycles. The first-order chi connectivity index (χ1) is 12.7. The van der Waals surface area contributed by atoms with Crippen LogP contribution in [0.3, 0.4) is 0 Å². The molecule has 2 saturated heterocycles. The fourth-order valence-corrected chi connectivity index (χ4v) is 4.60. The summed E-state index contributed by atoms with van der Waals surface area (Å²) in [7, 11) is 0. The number of nitrogens with zero attached hydrogens (tertiary/aromatic N) is 4. The Balaban J connectivity index is 1.30. The summed E-state index contributed by atoms with van der Waals surface area (Å²) < 4.78 is 11.4. The van der Waals surface area contributed by atoms with Crippen LogP contribution >= 0.6 is 0 Å². The topological polar surface area (TPSA) is 58.5 Å². The van der Waals surface area contributed by atoms with Crippen molar-refractivity contribution in [3.63, 3.8) is 0 Å². The van der Waals surface area contributed by atoms with Crippen molar-refractivity contribution in [2.75, 3.05) is 24.5 Å². The zero-order chi connectivity index (χ0) is 17.6. The number of para-hydroxylation sites is 2. The molecule has 2 fully saturated rings. The molecule has 1 spiro atoms. The summed E-state index contributed by atoms with van der Waals surface area (Å²) in [6.45, 7) is 5.95. The predicted molar refractivity (Wildman–Crippen MR) is 99.1 cm³/mol. The Morgan fingerprint density at radius 1 is 1.12 bits per heavy atom. The third-order valence-corrected chi connectivity index (χ3v) is 6.01. The van der Waals surface area contributed by atoms with Crippen molar-refractivity contribution in [3.8, 4) is 0 Å². The second-order valence-electron chi connectivity index (χ2n) is 7.64. The van der Waals surface area contributed by atoms with Gasteiger partial charge in [-0.05, 0) is 51.3 Å². The van der Waals surface area contributed by atoms with Gasteiger partial charge in [-0.1, -0.05) is 17.3 Å². The highest BCUT2D eigenvalue weighted by Crippen LogP contribution is 2.40. The molecule has 0 radical (unpaired) electrons. The van der Waals surface area contributed by atoms with Crippen molar-refractivity contribution in [1.29, 1.82) is 0 Å². The van der Waals surface area contributed by atoms with Crippen LogP contribution in [-0.2, 0) is 6.54 Å². The molecule has 5 rings (SSSR count). The lowest BCUT2D eigenvalue weighted by atomic mass is 9.85.